The Morgan fingerprint density at radius 3 is 2.65 bits per heavy atom. The predicted molar refractivity (Wildman–Crippen MR) is 166 cm³/mol. The Balaban J connectivity index is 1.39. The molecule has 14 nitrogen and oxygen atoms in total. The summed E-state index contributed by atoms with van der Waals surface area (Å²) in [6, 6.07) is 6.76. The number of thiophene rings is 1. The Labute approximate surface area is 268 Å². The van der Waals surface area contributed by atoms with E-state index in [1.54, 1.807) is 19.1 Å². The topological polar surface area (TPSA) is 200 Å². The predicted octanol–water partition coefficient (Wildman–Crippen LogP) is 1.27. The maximum absolute atomic E-state index is 14.2. The van der Waals surface area contributed by atoms with E-state index < -0.39 is 53.8 Å². The molecular formula is C31H36N6O8S. The van der Waals surface area contributed by atoms with Gasteiger partial charge < -0.3 is 35.8 Å². The minimum atomic E-state index is -1.37. The van der Waals surface area contributed by atoms with Gasteiger partial charge in [-0.2, -0.15) is 0 Å². The van der Waals surface area contributed by atoms with Crippen LogP contribution >= 0.6 is 11.3 Å². The first-order valence-corrected chi connectivity index (χ1v) is 16.0. The summed E-state index contributed by atoms with van der Waals surface area (Å²) in [7, 11) is 0. The molecule has 2 aromatic heterocycles. The number of amides is 5. The van der Waals surface area contributed by atoms with Crippen molar-refractivity contribution in [2.75, 3.05) is 13.1 Å². The number of aromatic nitrogens is 1. The molecule has 2 aliphatic heterocycles. The van der Waals surface area contributed by atoms with Gasteiger partial charge in [0.05, 0.1) is 17.0 Å². The highest BCUT2D eigenvalue weighted by Gasteiger charge is 2.43. The van der Waals surface area contributed by atoms with Gasteiger partial charge in [-0.05, 0) is 56.5 Å². The molecule has 1 aromatic carbocycles. The number of aliphatic carboxylic acids is 1. The van der Waals surface area contributed by atoms with Crippen LogP contribution in [0, 0.1) is 6.92 Å². The van der Waals surface area contributed by atoms with E-state index in [1.165, 1.54) is 16.2 Å². The number of carbonyl (C=O) groups is 6. The van der Waals surface area contributed by atoms with Gasteiger partial charge in [0.1, 0.15) is 23.9 Å². The van der Waals surface area contributed by atoms with E-state index in [4.69, 9.17) is 4.52 Å². The van der Waals surface area contributed by atoms with Crippen LogP contribution in [0.4, 0.5) is 0 Å². The fourth-order valence-electron chi connectivity index (χ4n) is 5.74. The number of carbonyl (C=O) groups excluding carboxylic acids is 5. The molecule has 0 bridgehead atoms. The lowest BCUT2D eigenvalue weighted by Gasteiger charge is -2.29. The zero-order chi connectivity index (χ0) is 32.8. The Bertz CT molecular complexity index is 1600. The van der Waals surface area contributed by atoms with E-state index in [9.17, 15) is 33.9 Å². The summed E-state index contributed by atoms with van der Waals surface area (Å²) in [6.45, 7) is 1.99. The van der Waals surface area contributed by atoms with Gasteiger partial charge in [-0.25, -0.2) is 4.79 Å². The van der Waals surface area contributed by atoms with E-state index in [2.05, 4.69) is 26.4 Å². The van der Waals surface area contributed by atoms with E-state index in [0.29, 0.717) is 35.7 Å². The number of nitrogens with zero attached hydrogens (tertiary/aromatic N) is 2. The molecule has 2 aliphatic rings. The molecule has 5 N–H and O–H groups in total. The van der Waals surface area contributed by atoms with Crippen LogP contribution in [-0.2, 0) is 30.4 Å². The second-order valence-corrected chi connectivity index (χ2v) is 12.7. The number of hydrogen-bond donors (Lipinski definition) is 5. The Kier molecular flexibility index (Phi) is 10.3. The van der Waals surface area contributed by atoms with E-state index in [1.807, 2.05) is 24.3 Å². The molecule has 5 amide bonds. The summed E-state index contributed by atoms with van der Waals surface area (Å²) >= 11 is 1.29. The Hall–Kier alpha value is -4.79. The number of carboxylic acids is 1. The van der Waals surface area contributed by atoms with Gasteiger partial charge in [0, 0.05) is 36.3 Å². The summed E-state index contributed by atoms with van der Waals surface area (Å²) in [5, 5.41) is 25.3. The molecule has 244 valence electrons. The summed E-state index contributed by atoms with van der Waals surface area (Å²) in [5.74, 6) is -3.41. The smallest absolute Gasteiger partial charge is 0.326 e. The number of fused-ring (bicyclic) bond motifs is 2. The first kappa shape index (κ1) is 32.6. The second kappa shape index (κ2) is 14.5. The number of nitrogens with one attached hydrogen (secondary N) is 4. The van der Waals surface area contributed by atoms with E-state index in [0.717, 1.165) is 10.1 Å². The van der Waals surface area contributed by atoms with Crippen LogP contribution < -0.4 is 21.3 Å². The van der Waals surface area contributed by atoms with Crippen LogP contribution in [0.5, 0.6) is 0 Å². The van der Waals surface area contributed by atoms with Crippen LogP contribution in [0.3, 0.4) is 0 Å². The monoisotopic (exact) mass is 652 g/mol. The zero-order valence-electron chi connectivity index (χ0n) is 25.2. The first-order valence-electron chi connectivity index (χ1n) is 15.2. The van der Waals surface area contributed by atoms with Gasteiger partial charge in [-0.1, -0.05) is 23.4 Å². The molecule has 46 heavy (non-hydrogen) atoms. The summed E-state index contributed by atoms with van der Waals surface area (Å²) in [4.78, 5) is 80.0. The lowest BCUT2D eigenvalue weighted by atomic mass is 10.1. The highest BCUT2D eigenvalue weighted by molar-refractivity contribution is 7.20. The molecule has 2 saturated heterocycles. The van der Waals surface area contributed by atoms with Crippen molar-refractivity contribution in [2.24, 2.45) is 0 Å². The third-order valence-corrected chi connectivity index (χ3v) is 9.15. The number of rotatable bonds is 6. The van der Waals surface area contributed by atoms with Crippen LogP contribution in [0.1, 0.15) is 59.7 Å². The molecule has 3 aromatic rings. The third-order valence-electron chi connectivity index (χ3n) is 8.03. The molecule has 0 saturated carbocycles. The van der Waals surface area contributed by atoms with Crippen molar-refractivity contribution in [3.8, 4) is 0 Å². The quantitative estimate of drug-likeness (QED) is 0.260. The standard InChI is InChI=1S/C31H36N6O8S/c1-17-12-20(45-36-17)15-27(39)33-19-14-23-28(40)35-22(31(43)44)9-10-26(38)32-11-5-4-7-21(30(42)37(23)16-19)34-29(41)25-13-18-6-2-3-8-24(18)46-25/h2-3,6,8,12-13,19,21-23H,4-5,7,9-11,14-16H2,1H3,(H,32,38)(H,33,39)(H,34,41)(H,35,40)(H,43,44)/t19-,21+,22+,23+/m1/s1. The number of carboxylic acid groups (broad SMARTS) is 1. The Morgan fingerprint density at radius 2 is 1.91 bits per heavy atom. The molecule has 5 rings (SSSR count). The molecule has 0 unspecified atom stereocenters. The summed E-state index contributed by atoms with van der Waals surface area (Å²) in [6.07, 6.45) is 0.882. The molecule has 0 spiro atoms. The van der Waals surface area contributed by atoms with Gasteiger partial charge in [-0.3, -0.25) is 24.0 Å². The maximum atomic E-state index is 14.2. The maximum Gasteiger partial charge on any atom is 0.326 e. The first-order chi connectivity index (χ1) is 22.1. The number of hydrogen-bond acceptors (Lipinski definition) is 9. The summed E-state index contributed by atoms with van der Waals surface area (Å²) < 4.78 is 6.04. The number of aryl methyl sites for hydroxylation is 1. The van der Waals surface area contributed by atoms with E-state index >= 15 is 0 Å². The largest absolute Gasteiger partial charge is 0.480 e. The molecular weight excluding hydrogens is 616 g/mol. The fourth-order valence-corrected chi connectivity index (χ4v) is 6.71. The average molecular weight is 653 g/mol. The molecule has 4 heterocycles. The van der Waals surface area contributed by atoms with Crippen LogP contribution in [0.15, 0.2) is 40.9 Å². The normalized spacial score (nSPS) is 23.1. The lowest BCUT2D eigenvalue weighted by Crippen LogP contribution is -2.55. The minimum Gasteiger partial charge on any atom is -0.480 e. The van der Waals surface area contributed by atoms with Gasteiger partial charge in [0.25, 0.3) is 5.91 Å². The van der Waals surface area contributed by atoms with Crippen molar-refractivity contribution >= 4 is 56.9 Å². The second-order valence-electron chi connectivity index (χ2n) is 11.6. The third kappa shape index (κ3) is 8.07. The van der Waals surface area contributed by atoms with Gasteiger partial charge in [-0.15, -0.1) is 11.3 Å². The van der Waals surface area contributed by atoms with Crippen molar-refractivity contribution in [3.63, 3.8) is 0 Å². The molecule has 0 aliphatic carbocycles. The van der Waals surface area contributed by atoms with Gasteiger partial charge in [0.2, 0.25) is 23.6 Å². The SMILES string of the molecule is Cc1cc(CC(=O)N[C@@H]2C[C@H]3C(=O)N[C@H](C(=O)O)CCC(=O)NCCCC[C@H](NC(=O)c4cc5ccccc5s4)C(=O)N3C2)on1. The number of benzene rings is 1. The van der Waals surface area contributed by atoms with Crippen LogP contribution in [0.2, 0.25) is 0 Å². The van der Waals surface area contributed by atoms with Crippen molar-refractivity contribution in [1.29, 1.82) is 0 Å². The molecule has 4 atom stereocenters. The highest BCUT2D eigenvalue weighted by Crippen LogP contribution is 2.26. The van der Waals surface area contributed by atoms with Crippen LogP contribution in [0.25, 0.3) is 10.1 Å². The fraction of sp³-hybridized carbons (Fsp3) is 0.452. The van der Waals surface area contributed by atoms with Crippen LogP contribution in [-0.4, -0.2) is 87.9 Å². The Morgan fingerprint density at radius 1 is 1.11 bits per heavy atom. The minimum absolute atomic E-state index is 0.0164. The van der Waals surface area contributed by atoms with Crippen molar-refractivity contribution in [1.82, 2.24) is 31.3 Å². The van der Waals surface area contributed by atoms with Gasteiger partial charge >= 0.3 is 5.97 Å². The molecule has 2 fully saturated rings. The average Bonchev–Trinajstić information content (AvgIpc) is 3.75. The highest BCUT2D eigenvalue weighted by atomic mass is 32.1. The molecule has 0 radical (unpaired) electrons. The van der Waals surface area contributed by atoms with Crippen molar-refractivity contribution in [3.05, 3.63) is 52.7 Å². The van der Waals surface area contributed by atoms with Crippen molar-refractivity contribution in [2.45, 2.75) is 76.0 Å². The zero-order valence-corrected chi connectivity index (χ0v) is 26.1. The summed E-state index contributed by atoms with van der Waals surface area (Å²) in [5.41, 5.74) is 0.617. The lowest BCUT2D eigenvalue weighted by molar-refractivity contribution is -0.144. The molecule has 15 heteroatoms. The van der Waals surface area contributed by atoms with E-state index in [-0.39, 0.29) is 44.6 Å². The van der Waals surface area contributed by atoms with Gasteiger partial charge in [0.15, 0.2) is 0 Å². The van der Waals surface area contributed by atoms with Crippen molar-refractivity contribution < 1.29 is 38.4 Å².